The molecule has 1 heterocycles. The molecule has 6 heteroatoms. The van der Waals surface area contributed by atoms with Crippen molar-refractivity contribution < 1.29 is 8.81 Å². The summed E-state index contributed by atoms with van der Waals surface area (Å²) in [4.78, 5) is 0. The van der Waals surface area contributed by atoms with Crippen LogP contribution in [-0.2, 0) is 0 Å². The molecule has 0 saturated heterocycles. The van der Waals surface area contributed by atoms with Crippen LogP contribution in [-0.4, -0.2) is 16.7 Å². The SMILES string of the molecule is CCNC(C)c1nnc(-c2c(F)cccc2Br)o1. The van der Waals surface area contributed by atoms with Crippen LogP contribution in [0.3, 0.4) is 0 Å². The summed E-state index contributed by atoms with van der Waals surface area (Å²) in [7, 11) is 0. The summed E-state index contributed by atoms with van der Waals surface area (Å²) in [5.74, 6) is 0.234. The number of benzene rings is 1. The highest BCUT2D eigenvalue weighted by molar-refractivity contribution is 9.10. The molecule has 1 atom stereocenters. The Balaban J connectivity index is 2.35. The second-order valence-electron chi connectivity index (χ2n) is 3.82. The first kappa shape index (κ1) is 13.2. The Morgan fingerprint density at radius 2 is 2.22 bits per heavy atom. The van der Waals surface area contributed by atoms with Crippen LogP contribution >= 0.6 is 15.9 Å². The molecule has 0 radical (unpaired) electrons. The Kier molecular flexibility index (Phi) is 4.08. The Hall–Kier alpha value is -1.27. The first-order valence-corrected chi connectivity index (χ1v) is 6.44. The Morgan fingerprint density at radius 1 is 1.44 bits per heavy atom. The molecule has 0 amide bonds. The Bertz CT molecular complexity index is 524. The third-order valence-corrected chi connectivity index (χ3v) is 3.16. The zero-order valence-corrected chi connectivity index (χ0v) is 11.7. The van der Waals surface area contributed by atoms with Gasteiger partial charge in [-0.25, -0.2) is 4.39 Å². The van der Waals surface area contributed by atoms with Gasteiger partial charge in [-0.3, -0.25) is 0 Å². The molecule has 96 valence electrons. The maximum atomic E-state index is 13.7. The van der Waals surface area contributed by atoms with Crippen molar-refractivity contribution in [2.45, 2.75) is 19.9 Å². The predicted molar refractivity (Wildman–Crippen MR) is 69.5 cm³/mol. The summed E-state index contributed by atoms with van der Waals surface area (Å²) in [5, 5.41) is 11.0. The lowest BCUT2D eigenvalue weighted by Gasteiger charge is -2.06. The van der Waals surface area contributed by atoms with Gasteiger partial charge in [0.15, 0.2) is 0 Å². The molecule has 1 aromatic heterocycles. The first-order chi connectivity index (χ1) is 8.63. The van der Waals surface area contributed by atoms with Gasteiger partial charge in [-0.05, 0) is 41.5 Å². The molecule has 0 fully saturated rings. The van der Waals surface area contributed by atoms with Gasteiger partial charge in [-0.1, -0.05) is 13.0 Å². The minimum Gasteiger partial charge on any atom is -0.419 e. The van der Waals surface area contributed by atoms with Crippen molar-refractivity contribution >= 4 is 15.9 Å². The number of hydrogen-bond acceptors (Lipinski definition) is 4. The van der Waals surface area contributed by atoms with Crippen LogP contribution in [0.2, 0.25) is 0 Å². The van der Waals surface area contributed by atoms with Crippen molar-refractivity contribution in [2.75, 3.05) is 6.54 Å². The van der Waals surface area contributed by atoms with E-state index in [2.05, 4.69) is 31.4 Å². The van der Waals surface area contributed by atoms with Gasteiger partial charge in [0, 0.05) is 4.47 Å². The highest BCUT2D eigenvalue weighted by atomic mass is 79.9. The number of halogens is 2. The summed E-state index contributed by atoms with van der Waals surface area (Å²) >= 11 is 3.28. The van der Waals surface area contributed by atoms with E-state index in [4.69, 9.17) is 4.42 Å². The van der Waals surface area contributed by atoms with Gasteiger partial charge >= 0.3 is 0 Å². The van der Waals surface area contributed by atoms with Gasteiger partial charge in [0.2, 0.25) is 5.89 Å². The molecule has 2 aromatic rings. The topological polar surface area (TPSA) is 51.0 Å². The van der Waals surface area contributed by atoms with Crippen molar-refractivity contribution in [1.82, 2.24) is 15.5 Å². The van der Waals surface area contributed by atoms with E-state index in [1.165, 1.54) is 6.07 Å². The minimum atomic E-state index is -0.393. The number of hydrogen-bond donors (Lipinski definition) is 1. The lowest BCUT2D eigenvalue weighted by molar-refractivity contribution is 0.427. The van der Waals surface area contributed by atoms with Gasteiger partial charge in [0.1, 0.15) is 5.82 Å². The van der Waals surface area contributed by atoms with Gasteiger partial charge in [0.05, 0.1) is 11.6 Å². The summed E-state index contributed by atoms with van der Waals surface area (Å²) < 4.78 is 19.8. The second-order valence-corrected chi connectivity index (χ2v) is 4.68. The van der Waals surface area contributed by atoms with E-state index in [0.29, 0.717) is 15.9 Å². The molecule has 1 N–H and O–H groups in total. The number of nitrogens with zero attached hydrogens (tertiary/aromatic N) is 2. The highest BCUT2D eigenvalue weighted by Gasteiger charge is 2.18. The van der Waals surface area contributed by atoms with Gasteiger partial charge in [-0.15, -0.1) is 10.2 Å². The largest absolute Gasteiger partial charge is 0.419 e. The van der Waals surface area contributed by atoms with E-state index >= 15 is 0 Å². The van der Waals surface area contributed by atoms with E-state index in [0.717, 1.165) is 6.54 Å². The molecule has 1 aromatic carbocycles. The lowest BCUT2D eigenvalue weighted by atomic mass is 10.2. The molecule has 4 nitrogen and oxygen atoms in total. The fourth-order valence-electron chi connectivity index (χ4n) is 1.61. The van der Waals surface area contributed by atoms with Crippen LogP contribution in [0.1, 0.15) is 25.8 Å². The number of rotatable bonds is 4. The fraction of sp³-hybridized carbons (Fsp3) is 0.333. The van der Waals surface area contributed by atoms with E-state index in [9.17, 15) is 4.39 Å². The van der Waals surface area contributed by atoms with E-state index < -0.39 is 5.82 Å². The average Bonchev–Trinajstić information content (AvgIpc) is 2.78. The van der Waals surface area contributed by atoms with Gasteiger partial charge in [0.25, 0.3) is 5.89 Å². The van der Waals surface area contributed by atoms with Crippen LogP contribution in [0.25, 0.3) is 11.5 Å². The maximum Gasteiger partial charge on any atom is 0.251 e. The second kappa shape index (κ2) is 5.58. The average molecular weight is 314 g/mol. The third kappa shape index (κ3) is 2.59. The molecule has 0 spiro atoms. The van der Waals surface area contributed by atoms with Crippen LogP contribution in [0.5, 0.6) is 0 Å². The molecule has 1 unspecified atom stereocenters. The monoisotopic (exact) mass is 313 g/mol. The summed E-state index contributed by atoms with van der Waals surface area (Å²) in [5.41, 5.74) is 0.292. The zero-order chi connectivity index (χ0) is 13.1. The molecule has 18 heavy (non-hydrogen) atoms. The summed E-state index contributed by atoms with van der Waals surface area (Å²) in [6, 6.07) is 4.65. The van der Waals surface area contributed by atoms with Crippen LogP contribution < -0.4 is 5.32 Å². The molecular weight excluding hydrogens is 301 g/mol. The Morgan fingerprint density at radius 3 is 2.89 bits per heavy atom. The molecule has 0 aliphatic rings. The molecule has 0 aliphatic carbocycles. The number of nitrogens with one attached hydrogen (secondary N) is 1. The van der Waals surface area contributed by atoms with Crippen LogP contribution in [0.4, 0.5) is 4.39 Å². The quantitative estimate of drug-likeness (QED) is 0.941. The van der Waals surface area contributed by atoms with Crippen molar-refractivity contribution in [3.63, 3.8) is 0 Å². The number of aromatic nitrogens is 2. The van der Waals surface area contributed by atoms with E-state index in [1.54, 1.807) is 12.1 Å². The normalized spacial score (nSPS) is 12.7. The fourth-order valence-corrected chi connectivity index (χ4v) is 2.12. The first-order valence-electron chi connectivity index (χ1n) is 5.64. The standard InChI is InChI=1S/C12H13BrFN3O/c1-3-15-7(2)11-16-17-12(18-11)10-8(13)5-4-6-9(10)14/h4-7,15H,3H2,1-2H3. The molecule has 2 rings (SSSR count). The van der Waals surface area contributed by atoms with Gasteiger partial charge in [-0.2, -0.15) is 0 Å². The van der Waals surface area contributed by atoms with Crippen molar-refractivity contribution in [2.24, 2.45) is 0 Å². The van der Waals surface area contributed by atoms with Crippen LogP contribution in [0, 0.1) is 5.82 Å². The summed E-state index contributed by atoms with van der Waals surface area (Å²) in [6.45, 7) is 4.70. The van der Waals surface area contributed by atoms with Crippen LogP contribution in [0.15, 0.2) is 27.1 Å². The maximum absolute atomic E-state index is 13.7. The third-order valence-electron chi connectivity index (χ3n) is 2.50. The smallest absolute Gasteiger partial charge is 0.251 e. The van der Waals surface area contributed by atoms with Gasteiger partial charge < -0.3 is 9.73 Å². The molecule has 0 aliphatic heterocycles. The molecule has 0 saturated carbocycles. The van der Waals surface area contributed by atoms with Crippen molar-refractivity contribution in [3.05, 3.63) is 34.4 Å². The highest BCUT2D eigenvalue weighted by Crippen LogP contribution is 2.30. The zero-order valence-electron chi connectivity index (χ0n) is 10.1. The molecule has 0 bridgehead atoms. The lowest BCUT2D eigenvalue weighted by Crippen LogP contribution is -2.17. The van der Waals surface area contributed by atoms with E-state index in [-0.39, 0.29) is 11.9 Å². The predicted octanol–water partition coefficient (Wildman–Crippen LogP) is 3.31. The minimum absolute atomic E-state index is 0.0539. The molecular formula is C12H13BrFN3O. The van der Waals surface area contributed by atoms with Crippen molar-refractivity contribution in [1.29, 1.82) is 0 Å². The van der Waals surface area contributed by atoms with Crippen molar-refractivity contribution in [3.8, 4) is 11.5 Å². The van der Waals surface area contributed by atoms with E-state index in [1.807, 2.05) is 13.8 Å². The Labute approximate surface area is 113 Å². The summed E-state index contributed by atoms with van der Waals surface area (Å²) in [6.07, 6.45) is 0.